The lowest BCUT2D eigenvalue weighted by Crippen LogP contribution is -2.33. The molecule has 0 heterocycles. The molecule has 1 N–H and O–H groups in total. The Balaban J connectivity index is 2.41. The van der Waals surface area contributed by atoms with E-state index in [1.807, 2.05) is 32.2 Å². The summed E-state index contributed by atoms with van der Waals surface area (Å²) < 4.78 is 0. The molecular formula is C11H15N3S. The van der Waals surface area contributed by atoms with E-state index in [1.54, 1.807) is 11.2 Å². The Morgan fingerprint density at radius 3 is 2.73 bits per heavy atom. The van der Waals surface area contributed by atoms with Crippen LogP contribution in [0, 0.1) is 0 Å². The number of hydrogen-bond donors (Lipinski definition) is 1. The fraction of sp³-hybridized carbons (Fsp3) is 0.273. The van der Waals surface area contributed by atoms with E-state index in [0.29, 0.717) is 5.11 Å². The predicted octanol–water partition coefficient (Wildman–Crippen LogP) is 2.00. The molecule has 4 heteroatoms. The highest BCUT2D eigenvalue weighted by molar-refractivity contribution is 7.80. The van der Waals surface area contributed by atoms with Crippen LogP contribution in [0.4, 0.5) is 0 Å². The SMILES string of the molecule is C/C=N\N(C)C(=S)NCc1ccccc1. The van der Waals surface area contributed by atoms with Crippen LogP contribution in [0.2, 0.25) is 0 Å². The summed E-state index contributed by atoms with van der Waals surface area (Å²) in [6.45, 7) is 2.58. The summed E-state index contributed by atoms with van der Waals surface area (Å²) in [6, 6.07) is 10.1. The van der Waals surface area contributed by atoms with Crippen LogP contribution in [0.3, 0.4) is 0 Å². The second kappa shape index (κ2) is 6.14. The van der Waals surface area contributed by atoms with E-state index in [-0.39, 0.29) is 0 Å². The number of nitrogens with zero attached hydrogens (tertiary/aromatic N) is 2. The van der Waals surface area contributed by atoms with Gasteiger partial charge in [0.25, 0.3) is 0 Å². The number of nitrogens with one attached hydrogen (secondary N) is 1. The fourth-order valence-corrected chi connectivity index (χ4v) is 1.23. The number of benzene rings is 1. The van der Waals surface area contributed by atoms with Gasteiger partial charge in [0.1, 0.15) is 0 Å². The summed E-state index contributed by atoms with van der Waals surface area (Å²) in [7, 11) is 1.82. The molecule has 0 aliphatic carbocycles. The van der Waals surface area contributed by atoms with Gasteiger partial charge in [-0.25, -0.2) is 5.01 Å². The van der Waals surface area contributed by atoms with Gasteiger partial charge in [0.15, 0.2) is 5.11 Å². The van der Waals surface area contributed by atoms with Gasteiger partial charge < -0.3 is 5.32 Å². The van der Waals surface area contributed by atoms with Crippen LogP contribution in [0.1, 0.15) is 12.5 Å². The van der Waals surface area contributed by atoms with E-state index >= 15 is 0 Å². The van der Waals surface area contributed by atoms with Crippen molar-refractivity contribution in [1.82, 2.24) is 10.3 Å². The van der Waals surface area contributed by atoms with Gasteiger partial charge in [0.05, 0.1) is 0 Å². The Bertz CT molecular complexity index is 335. The van der Waals surface area contributed by atoms with Crippen LogP contribution in [-0.2, 0) is 6.54 Å². The molecule has 1 aromatic carbocycles. The topological polar surface area (TPSA) is 27.6 Å². The average molecular weight is 221 g/mol. The number of hydrogen-bond acceptors (Lipinski definition) is 2. The quantitative estimate of drug-likeness (QED) is 0.480. The average Bonchev–Trinajstić information content (AvgIpc) is 2.27. The molecule has 3 nitrogen and oxygen atoms in total. The highest BCUT2D eigenvalue weighted by atomic mass is 32.1. The van der Waals surface area contributed by atoms with E-state index < -0.39 is 0 Å². The maximum atomic E-state index is 5.14. The minimum Gasteiger partial charge on any atom is -0.357 e. The fourth-order valence-electron chi connectivity index (χ4n) is 1.11. The molecule has 0 amide bonds. The third-order valence-electron chi connectivity index (χ3n) is 1.87. The van der Waals surface area contributed by atoms with Crippen LogP contribution in [-0.4, -0.2) is 23.4 Å². The van der Waals surface area contributed by atoms with Crippen LogP contribution in [0.25, 0.3) is 0 Å². The highest BCUT2D eigenvalue weighted by Gasteiger charge is 2.00. The highest BCUT2D eigenvalue weighted by Crippen LogP contribution is 1.97. The van der Waals surface area contributed by atoms with Gasteiger partial charge in [-0.3, -0.25) is 0 Å². The van der Waals surface area contributed by atoms with Crippen molar-refractivity contribution < 1.29 is 0 Å². The van der Waals surface area contributed by atoms with Gasteiger partial charge in [-0.1, -0.05) is 30.3 Å². The van der Waals surface area contributed by atoms with Crippen LogP contribution < -0.4 is 5.32 Å². The second-order valence-electron chi connectivity index (χ2n) is 3.04. The largest absolute Gasteiger partial charge is 0.357 e. The number of hydrazone groups is 1. The van der Waals surface area contributed by atoms with E-state index in [4.69, 9.17) is 12.2 Å². The first-order chi connectivity index (χ1) is 7.24. The molecule has 0 atom stereocenters. The zero-order valence-electron chi connectivity index (χ0n) is 8.97. The normalized spacial score (nSPS) is 10.3. The Labute approximate surface area is 95.8 Å². The van der Waals surface area contributed by atoms with Gasteiger partial charge in [0, 0.05) is 19.8 Å². The first-order valence-corrected chi connectivity index (χ1v) is 5.19. The van der Waals surface area contributed by atoms with Gasteiger partial charge in [-0.2, -0.15) is 5.10 Å². The van der Waals surface area contributed by atoms with Crippen molar-refractivity contribution in [3.05, 3.63) is 35.9 Å². The van der Waals surface area contributed by atoms with E-state index in [1.165, 1.54) is 5.56 Å². The second-order valence-corrected chi connectivity index (χ2v) is 3.43. The summed E-state index contributed by atoms with van der Waals surface area (Å²) in [5.41, 5.74) is 1.20. The van der Waals surface area contributed by atoms with Crippen molar-refractivity contribution in [2.75, 3.05) is 7.05 Å². The van der Waals surface area contributed by atoms with Crippen LogP contribution in [0.5, 0.6) is 0 Å². The molecule has 15 heavy (non-hydrogen) atoms. The lowest BCUT2D eigenvalue weighted by Gasteiger charge is -2.15. The molecule has 0 aliphatic rings. The molecule has 0 aromatic heterocycles. The smallest absolute Gasteiger partial charge is 0.189 e. The lowest BCUT2D eigenvalue weighted by atomic mass is 10.2. The van der Waals surface area contributed by atoms with Crippen LogP contribution >= 0.6 is 12.2 Å². The first-order valence-electron chi connectivity index (χ1n) is 4.78. The van der Waals surface area contributed by atoms with Crippen molar-refractivity contribution in [2.45, 2.75) is 13.5 Å². The Morgan fingerprint density at radius 1 is 1.47 bits per heavy atom. The van der Waals surface area contributed by atoms with Gasteiger partial charge in [0.2, 0.25) is 0 Å². The molecule has 80 valence electrons. The zero-order chi connectivity index (χ0) is 11.1. The van der Waals surface area contributed by atoms with Gasteiger partial charge in [-0.15, -0.1) is 0 Å². The summed E-state index contributed by atoms with van der Waals surface area (Å²) >= 11 is 5.14. The summed E-state index contributed by atoms with van der Waals surface area (Å²) in [4.78, 5) is 0. The zero-order valence-corrected chi connectivity index (χ0v) is 9.79. The lowest BCUT2D eigenvalue weighted by molar-refractivity contribution is 0.531. The third-order valence-corrected chi connectivity index (χ3v) is 2.28. The van der Waals surface area contributed by atoms with Crippen LogP contribution in [0.15, 0.2) is 35.4 Å². The Kier molecular flexibility index (Phi) is 4.77. The summed E-state index contributed by atoms with van der Waals surface area (Å²) in [5.74, 6) is 0. The maximum absolute atomic E-state index is 5.14. The summed E-state index contributed by atoms with van der Waals surface area (Å²) in [5, 5.41) is 9.43. The van der Waals surface area contributed by atoms with E-state index in [9.17, 15) is 0 Å². The van der Waals surface area contributed by atoms with Crippen molar-refractivity contribution in [3.8, 4) is 0 Å². The Hall–Kier alpha value is -1.42. The standard InChI is InChI=1S/C11H15N3S/c1-3-13-14(2)11(15)12-9-10-7-5-4-6-8-10/h3-8H,9H2,1-2H3,(H,12,15)/b13-3-. The molecule has 0 saturated heterocycles. The molecule has 0 bridgehead atoms. The number of thiocarbonyl (C=S) groups is 1. The number of rotatable bonds is 3. The molecule has 0 spiro atoms. The van der Waals surface area contributed by atoms with Crippen molar-refractivity contribution in [3.63, 3.8) is 0 Å². The van der Waals surface area contributed by atoms with Crippen molar-refractivity contribution in [1.29, 1.82) is 0 Å². The van der Waals surface area contributed by atoms with Crippen molar-refractivity contribution >= 4 is 23.5 Å². The van der Waals surface area contributed by atoms with E-state index in [0.717, 1.165) is 6.54 Å². The van der Waals surface area contributed by atoms with E-state index in [2.05, 4.69) is 22.6 Å². The van der Waals surface area contributed by atoms with Gasteiger partial charge in [-0.05, 0) is 24.7 Å². The molecule has 0 unspecified atom stereocenters. The third kappa shape index (κ3) is 4.08. The Morgan fingerprint density at radius 2 is 2.13 bits per heavy atom. The molecular weight excluding hydrogens is 206 g/mol. The maximum Gasteiger partial charge on any atom is 0.189 e. The van der Waals surface area contributed by atoms with Gasteiger partial charge >= 0.3 is 0 Å². The predicted molar refractivity (Wildman–Crippen MR) is 67.8 cm³/mol. The molecule has 1 aromatic rings. The minimum absolute atomic E-state index is 0.622. The minimum atomic E-state index is 0.622. The molecule has 0 aliphatic heterocycles. The molecule has 0 radical (unpaired) electrons. The monoisotopic (exact) mass is 221 g/mol. The first kappa shape index (κ1) is 11.7. The molecule has 0 saturated carbocycles. The molecule has 0 fully saturated rings. The molecule has 1 rings (SSSR count). The van der Waals surface area contributed by atoms with Crippen molar-refractivity contribution in [2.24, 2.45) is 5.10 Å². The summed E-state index contributed by atoms with van der Waals surface area (Å²) in [6.07, 6.45) is 1.70.